The minimum absolute atomic E-state index is 0.205. The zero-order valence-corrected chi connectivity index (χ0v) is 13.7. The Balaban J connectivity index is 1.54. The SMILES string of the molecule is O=C(NCC(O)Cc1ccccc1)c1ccnc(C2CCCC2)n1. The molecule has 1 fully saturated rings. The second-order valence-corrected chi connectivity index (χ2v) is 6.34. The van der Waals surface area contributed by atoms with Gasteiger partial charge in [0.1, 0.15) is 11.5 Å². The van der Waals surface area contributed by atoms with E-state index in [4.69, 9.17) is 0 Å². The number of carbonyl (C=O) groups excluding carboxylic acids is 1. The highest BCUT2D eigenvalue weighted by Crippen LogP contribution is 2.31. The summed E-state index contributed by atoms with van der Waals surface area (Å²) in [5.41, 5.74) is 1.42. The van der Waals surface area contributed by atoms with Crippen LogP contribution in [0.4, 0.5) is 0 Å². The van der Waals surface area contributed by atoms with Crippen LogP contribution in [-0.2, 0) is 6.42 Å². The topological polar surface area (TPSA) is 75.1 Å². The van der Waals surface area contributed by atoms with Gasteiger partial charge in [0.15, 0.2) is 0 Å². The summed E-state index contributed by atoms with van der Waals surface area (Å²) in [6.07, 6.45) is 6.15. The van der Waals surface area contributed by atoms with Crippen molar-refractivity contribution in [3.8, 4) is 0 Å². The van der Waals surface area contributed by atoms with Crippen LogP contribution < -0.4 is 5.32 Å². The molecule has 0 saturated heterocycles. The first-order valence-electron chi connectivity index (χ1n) is 8.55. The number of nitrogens with one attached hydrogen (secondary N) is 1. The van der Waals surface area contributed by atoms with Crippen molar-refractivity contribution in [2.24, 2.45) is 0 Å². The van der Waals surface area contributed by atoms with Gasteiger partial charge in [-0.15, -0.1) is 0 Å². The molecule has 2 N–H and O–H groups in total. The Hall–Kier alpha value is -2.27. The van der Waals surface area contributed by atoms with E-state index >= 15 is 0 Å². The van der Waals surface area contributed by atoms with Crippen molar-refractivity contribution in [3.05, 3.63) is 59.7 Å². The number of aliphatic hydroxyl groups excluding tert-OH is 1. The zero-order valence-electron chi connectivity index (χ0n) is 13.7. The van der Waals surface area contributed by atoms with E-state index in [1.165, 1.54) is 12.8 Å². The molecule has 1 saturated carbocycles. The van der Waals surface area contributed by atoms with E-state index in [1.807, 2.05) is 30.3 Å². The summed E-state index contributed by atoms with van der Waals surface area (Å²) in [4.78, 5) is 21.0. The molecular weight excluding hydrogens is 302 g/mol. The first-order chi connectivity index (χ1) is 11.7. The van der Waals surface area contributed by atoms with Crippen LogP contribution in [0, 0.1) is 0 Å². The van der Waals surface area contributed by atoms with Crippen molar-refractivity contribution < 1.29 is 9.90 Å². The van der Waals surface area contributed by atoms with Gasteiger partial charge < -0.3 is 10.4 Å². The molecule has 126 valence electrons. The molecule has 0 spiro atoms. The molecule has 3 rings (SSSR count). The van der Waals surface area contributed by atoms with Gasteiger partial charge in [0, 0.05) is 25.1 Å². The highest BCUT2D eigenvalue weighted by atomic mass is 16.3. The fourth-order valence-corrected chi connectivity index (χ4v) is 3.14. The molecule has 0 aliphatic heterocycles. The van der Waals surface area contributed by atoms with Crippen LogP contribution in [0.1, 0.15) is 53.5 Å². The van der Waals surface area contributed by atoms with Crippen LogP contribution in [0.3, 0.4) is 0 Å². The smallest absolute Gasteiger partial charge is 0.270 e. The zero-order chi connectivity index (χ0) is 16.8. The second-order valence-electron chi connectivity index (χ2n) is 6.34. The summed E-state index contributed by atoms with van der Waals surface area (Å²) in [7, 11) is 0. The molecule has 1 atom stereocenters. The Kier molecular flexibility index (Phi) is 5.54. The van der Waals surface area contributed by atoms with Gasteiger partial charge >= 0.3 is 0 Å². The number of carbonyl (C=O) groups is 1. The largest absolute Gasteiger partial charge is 0.391 e. The molecule has 1 heterocycles. The summed E-state index contributed by atoms with van der Waals surface area (Å²) in [6.45, 7) is 0.205. The van der Waals surface area contributed by atoms with Gasteiger partial charge in [-0.1, -0.05) is 43.2 Å². The van der Waals surface area contributed by atoms with Gasteiger partial charge in [-0.2, -0.15) is 0 Å². The summed E-state index contributed by atoms with van der Waals surface area (Å²) in [6, 6.07) is 11.4. The minimum Gasteiger partial charge on any atom is -0.391 e. The number of amides is 1. The molecule has 24 heavy (non-hydrogen) atoms. The first-order valence-corrected chi connectivity index (χ1v) is 8.55. The van der Waals surface area contributed by atoms with Gasteiger partial charge in [-0.05, 0) is 24.5 Å². The predicted molar refractivity (Wildman–Crippen MR) is 91.7 cm³/mol. The fourth-order valence-electron chi connectivity index (χ4n) is 3.14. The molecule has 2 aromatic rings. The van der Waals surface area contributed by atoms with Gasteiger partial charge in [-0.25, -0.2) is 9.97 Å². The summed E-state index contributed by atoms with van der Waals surface area (Å²) < 4.78 is 0. The third-order valence-corrected chi connectivity index (χ3v) is 4.44. The Morgan fingerprint density at radius 1 is 1.21 bits per heavy atom. The highest BCUT2D eigenvalue weighted by molar-refractivity contribution is 5.92. The molecular formula is C19H23N3O2. The van der Waals surface area contributed by atoms with E-state index in [0.717, 1.165) is 24.2 Å². The molecule has 1 aromatic heterocycles. The maximum absolute atomic E-state index is 12.3. The van der Waals surface area contributed by atoms with Crippen molar-refractivity contribution in [2.45, 2.75) is 44.1 Å². The standard InChI is InChI=1S/C19H23N3O2/c23-16(12-14-6-2-1-3-7-14)13-21-19(24)17-10-11-20-18(22-17)15-8-4-5-9-15/h1-3,6-7,10-11,15-16,23H,4-5,8-9,12-13H2,(H,21,24). The van der Waals surface area contributed by atoms with E-state index in [9.17, 15) is 9.90 Å². The second kappa shape index (κ2) is 8.02. The Morgan fingerprint density at radius 3 is 2.71 bits per heavy atom. The average Bonchev–Trinajstić information content (AvgIpc) is 3.15. The van der Waals surface area contributed by atoms with Gasteiger partial charge in [-0.3, -0.25) is 4.79 Å². The van der Waals surface area contributed by atoms with Crippen molar-refractivity contribution in [1.29, 1.82) is 0 Å². The summed E-state index contributed by atoms with van der Waals surface area (Å²) in [5, 5.41) is 12.8. The van der Waals surface area contributed by atoms with Crippen molar-refractivity contribution in [3.63, 3.8) is 0 Å². The number of aromatic nitrogens is 2. The monoisotopic (exact) mass is 325 g/mol. The maximum Gasteiger partial charge on any atom is 0.270 e. The van der Waals surface area contributed by atoms with Gasteiger partial charge in [0.25, 0.3) is 5.91 Å². The number of hydrogen-bond acceptors (Lipinski definition) is 4. The maximum atomic E-state index is 12.3. The van der Waals surface area contributed by atoms with Crippen LogP contribution in [-0.4, -0.2) is 33.6 Å². The lowest BCUT2D eigenvalue weighted by Crippen LogP contribution is -2.33. The van der Waals surface area contributed by atoms with E-state index in [-0.39, 0.29) is 12.5 Å². The van der Waals surface area contributed by atoms with E-state index < -0.39 is 6.10 Å². The molecule has 1 aliphatic carbocycles. The lowest BCUT2D eigenvalue weighted by atomic mass is 10.1. The highest BCUT2D eigenvalue weighted by Gasteiger charge is 2.21. The number of nitrogens with zero attached hydrogens (tertiary/aromatic N) is 2. The predicted octanol–water partition coefficient (Wildman–Crippen LogP) is 2.47. The van der Waals surface area contributed by atoms with E-state index in [0.29, 0.717) is 18.0 Å². The Bertz CT molecular complexity index is 669. The van der Waals surface area contributed by atoms with E-state index in [1.54, 1.807) is 12.3 Å². The van der Waals surface area contributed by atoms with Gasteiger partial charge in [0.2, 0.25) is 0 Å². The lowest BCUT2D eigenvalue weighted by molar-refractivity contribution is 0.0910. The molecule has 1 amide bonds. The first kappa shape index (κ1) is 16.6. The molecule has 1 unspecified atom stereocenters. The van der Waals surface area contributed by atoms with Crippen LogP contribution in [0.2, 0.25) is 0 Å². The van der Waals surface area contributed by atoms with Gasteiger partial charge in [0.05, 0.1) is 6.10 Å². The molecule has 1 aliphatic rings. The van der Waals surface area contributed by atoms with Crippen molar-refractivity contribution >= 4 is 5.91 Å². The van der Waals surface area contributed by atoms with Crippen LogP contribution in [0.5, 0.6) is 0 Å². The number of benzene rings is 1. The fraction of sp³-hybridized carbons (Fsp3) is 0.421. The minimum atomic E-state index is -0.618. The normalized spacial score (nSPS) is 16.0. The Morgan fingerprint density at radius 2 is 1.96 bits per heavy atom. The molecule has 5 heteroatoms. The van der Waals surface area contributed by atoms with Crippen LogP contribution in [0.15, 0.2) is 42.6 Å². The summed E-state index contributed by atoms with van der Waals surface area (Å²) in [5.74, 6) is 0.884. The molecule has 0 bridgehead atoms. The molecule has 0 radical (unpaired) electrons. The molecule has 1 aromatic carbocycles. The Labute approximate surface area is 142 Å². The third-order valence-electron chi connectivity index (χ3n) is 4.44. The average molecular weight is 325 g/mol. The number of aliphatic hydroxyl groups is 1. The van der Waals surface area contributed by atoms with E-state index in [2.05, 4.69) is 15.3 Å². The van der Waals surface area contributed by atoms with Crippen LogP contribution in [0.25, 0.3) is 0 Å². The summed E-state index contributed by atoms with van der Waals surface area (Å²) >= 11 is 0. The van der Waals surface area contributed by atoms with Crippen LogP contribution >= 0.6 is 0 Å². The molecule has 5 nitrogen and oxygen atoms in total. The van der Waals surface area contributed by atoms with Crippen molar-refractivity contribution in [2.75, 3.05) is 6.54 Å². The number of hydrogen-bond donors (Lipinski definition) is 2. The third kappa shape index (κ3) is 4.38. The lowest BCUT2D eigenvalue weighted by Gasteiger charge is -2.12. The number of rotatable bonds is 6. The van der Waals surface area contributed by atoms with Crippen molar-refractivity contribution in [1.82, 2.24) is 15.3 Å². The quantitative estimate of drug-likeness (QED) is 0.855.